The van der Waals surface area contributed by atoms with Crippen molar-refractivity contribution in [3.8, 4) is 10.4 Å². The molecule has 0 aliphatic carbocycles. The SMILES string of the molecule is Cc1ncsc1-c1ccc(CNC(=O)C2CC(O)CN2C(=O)C(NC(=O)CCCCCCCC(=O)O)C(C)(C)C)cc1. The van der Waals surface area contributed by atoms with Crippen LogP contribution in [0.1, 0.15) is 83.4 Å². The molecule has 0 bridgehead atoms. The Balaban J connectivity index is 1.55. The maximum absolute atomic E-state index is 13.7. The van der Waals surface area contributed by atoms with Crippen LogP contribution in [-0.2, 0) is 25.7 Å². The van der Waals surface area contributed by atoms with Gasteiger partial charge in [0.25, 0.3) is 0 Å². The van der Waals surface area contributed by atoms with Gasteiger partial charge >= 0.3 is 5.97 Å². The van der Waals surface area contributed by atoms with E-state index in [0.717, 1.165) is 41.0 Å². The Morgan fingerprint density at radius 1 is 1.05 bits per heavy atom. The van der Waals surface area contributed by atoms with E-state index in [0.29, 0.717) is 12.8 Å². The number of nitrogens with one attached hydrogen (secondary N) is 2. The molecule has 230 valence electrons. The van der Waals surface area contributed by atoms with E-state index in [1.807, 2.05) is 57.5 Å². The quantitative estimate of drug-likeness (QED) is 0.239. The number of carboxylic acid groups (broad SMARTS) is 1. The lowest BCUT2D eigenvalue weighted by atomic mass is 9.85. The molecule has 0 saturated carbocycles. The molecule has 3 unspecified atom stereocenters. The zero-order chi connectivity index (χ0) is 30.9. The number of likely N-dealkylation sites (tertiary alicyclic amines) is 1. The summed E-state index contributed by atoms with van der Waals surface area (Å²) < 4.78 is 0. The van der Waals surface area contributed by atoms with E-state index in [1.54, 1.807) is 11.3 Å². The largest absolute Gasteiger partial charge is 0.481 e. The average Bonchev–Trinajstić information content (AvgIpc) is 3.54. The number of benzene rings is 1. The van der Waals surface area contributed by atoms with Gasteiger partial charge in [0.1, 0.15) is 12.1 Å². The zero-order valence-corrected chi connectivity index (χ0v) is 25.8. The molecule has 3 rings (SSSR count). The molecule has 3 atom stereocenters. The fraction of sp³-hybridized carbons (Fsp3) is 0.581. The topological polar surface area (TPSA) is 149 Å². The summed E-state index contributed by atoms with van der Waals surface area (Å²) in [5.74, 6) is -1.77. The third-order valence-electron chi connectivity index (χ3n) is 7.51. The van der Waals surface area contributed by atoms with Gasteiger partial charge in [0.15, 0.2) is 0 Å². The minimum absolute atomic E-state index is 0.0264. The summed E-state index contributed by atoms with van der Waals surface area (Å²) in [5.41, 5.74) is 4.14. The van der Waals surface area contributed by atoms with E-state index in [2.05, 4.69) is 15.6 Å². The minimum Gasteiger partial charge on any atom is -0.481 e. The number of carbonyl (C=O) groups excluding carboxylic acids is 3. The van der Waals surface area contributed by atoms with Gasteiger partial charge in [-0.3, -0.25) is 19.2 Å². The first-order valence-electron chi connectivity index (χ1n) is 14.6. The second-order valence-electron chi connectivity index (χ2n) is 12.1. The highest BCUT2D eigenvalue weighted by Gasteiger charge is 2.44. The monoisotopic (exact) mass is 600 g/mol. The number of aliphatic hydroxyl groups is 1. The van der Waals surface area contributed by atoms with Crippen LogP contribution in [-0.4, -0.2) is 68.5 Å². The summed E-state index contributed by atoms with van der Waals surface area (Å²) in [7, 11) is 0. The van der Waals surface area contributed by atoms with E-state index in [-0.39, 0.29) is 50.1 Å². The first-order valence-corrected chi connectivity index (χ1v) is 15.5. The number of aromatic nitrogens is 1. The standard InChI is InChI=1S/C31H44N4O6S/c1-20-27(42-19-33-20)22-14-12-21(13-15-22)17-32-29(40)24-16-23(36)18-35(24)30(41)28(31(2,3)4)34-25(37)10-8-6-5-7-9-11-26(38)39/h12-15,19,23-24,28,36H,5-11,16-18H2,1-4H3,(H,32,40)(H,34,37)(H,38,39). The maximum atomic E-state index is 13.7. The Morgan fingerprint density at radius 3 is 2.29 bits per heavy atom. The van der Waals surface area contributed by atoms with Crippen molar-refractivity contribution in [2.75, 3.05) is 6.54 Å². The van der Waals surface area contributed by atoms with Gasteiger partial charge in [-0.1, -0.05) is 64.3 Å². The van der Waals surface area contributed by atoms with Crippen molar-refractivity contribution in [2.24, 2.45) is 5.41 Å². The van der Waals surface area contributed by atoms with E-state index in [9.17, 15) is 24.3 Å². The number of aryl methyl sites for hydroxylation is 1. The van der Waals surface area contributed by atoms with Gasteiger partial charge in [-0.25, -0.2) is 4.98 Å². The Morgan fingerprint density at radius 2 is 1.69 bits per heavy atom. The van der Waals surface area contributed by atoms with E-state index in [4.69, 9.17) is 5.11 Å². The van der Waals surface area contributed by atoms with Crippen molar-refractivity contribution >= 4 is 35.0 Å². The number of amides is 3. The highest BCUT2D eigenvalue weighted by molar-refractivity contribution is 7.13. The highest BCUT2D eigenvalue weighted by Crippen LogP contribution is 2.28. The number of carboxylic acids is 1. The molecule has 1 aliphatic rings. The molecule has 0 radical (unpaired) electrons. The molecule has 11 heteroatoms. The number of aliphatic hydroxyl groups excluding tert-OH is 1. The van der Waals surface area contributed by atoms with Crippen molar-refractivity contribution in [1.29, 1.82) is 0 Å². The van der Waals surface area contributed by atoms with Crippen LogP contribution >= 0.6 is 11.3 Å². The molecule has 2 heterocycles. The highest BCUT2D eigenvalue weighted by atomic mass is 32.1. The summed E-state index contributed by atoms with van der Waals surface area (Å²) in [5, 5.41) is 24.9. The first-order chi connectivity index (χ1) is 19.9. The molecule has 1 saturated heterocycles. The number of hydrogen-bond donors (Lipinski definition) is 4. The lowest BCUT2D eigenvalue weighted by molar-refractivity contribution is -0.144. The number of unbranched alkanes of at least 4 members (excludes halogenated alkanes) is 4. The van der Waals surface area contributed by atoms with Gasteiger partial charge in [0.2, 0.25) is 17.7 Å². The number of carbonyl (C=O) groups is 4. The Hall–Kier alpha value is -3.31. The number of aliphatic carboxylic acids is 1. The molecule has 4 N–H and O–H groups in total. The van der Waals surface area contributed by atoms with E-state index < -0.39 is 29.6 Å². The third-order valence-corrected chi connectivity index (χ3v) is 8.48. The van der Waals surface area contributed by atoms with Crippen LogP contribution in [0.5, 0.6) is 0 Å². The fourth-order valence-corrected chi connectivity index (χ4v) is 5.92. The van der Waals surface area contributed by atoms with Crippen molar-refractivity contribution in [2.45, 2.75) is 104 Å². The fourth-order valence-electron chi connectivity index (χ4n) is 5.11. The van der Waals surface area contributed by atoms with Gasteiger partial charge in [0, 0.05) is 32.4 Å². The van der Waals surface area contributed by atoms with Gasteiger partial charge in [-0.05, 0) is 36.3 Å². The lowest BCUT2D eigenvalue weighted by Crippen LogP contribution is -2.57. The summed E-state index contributed by atoms with van der Waals surface area (Å²) in [6, 6.07) is 6.19. The number of hydrogen-bond acceptors (Lipinski definition) is 7. The van der Waals surface area contributed by atoms with Gasteiger partial charge in [-0.2, -0.15) is 0 Å². The van der Waals surface area contributed by atoms with Crippen LogP contribution in [0.3, 0.4) is 0 Å². The molecule has 1 aliphatic heterocycles. The van der Waals surface area contributed by atoms with Crippen molar-refractivity contribution in [3.05, 3.63) is 41.0 Å². The van der Waals surface area contributed by atoms with Crippen molar-refractivity contribution < 1.29 is 29.4 Å². The molecule has 42 heavy (non-hydrogen) atoms. The van der Waals surface area contributed by atoms with Gasteiger partial charge in [0.05, 0.1) is 22.2 Å². The molecule has 1 aromatic carbocycles. The normalized spacial score (nSPS) is 17.6. The van der Waals surface area contributed by atoms with Gasteiger partial charge < -0.3 is 25.7 Å². The second kappa shape index (κ2) is 15.2. The maximum Gasteiger partial charge on any atom is 0.303 e. The minimum atomic E-state index is -0.857. The third kappa shape index (κ3) is 9.62. The number of rotatable bonds is 14. The number of nitrogens with zero attached hydrogens (tertiary/aromatic N) is 2. The smallest absolute Gasteiger partial charge is 0.303 e. The molecule has 1 fully saturated rings. The number of thiazole rings is 1. The van der Waals surface area contributed by atoms with Crippen LogP contribution in [0.25, 0.3) is 10.4 Å². The van der Waals surface area contributed by atoms with Crippen molar-refractivity contribution in [3.63, 3.8) is 0 Å². The van der Waals surface area contributed by atoms with Crippen LogP contribution in [0.15, 0.2) is 29.8 Å². The Bertz CT molecular complexity index is 1220. The van der Waals surface area contributed by atoms with Crippen LogP contribution < -0.4 is 10.6 Å². The second-order valence-corrected chi connectivity index (χ2v) is 13.0. The summed E-state index contributed by atoms with van der Waals surface area (Å²) in [4.78, 5) is 57.1. The Kier molecular flexibility index (Phi) is 12.0. The summed E-state index contributed by atoms with van der Waals surface area (Å²) >= 11 is 1.58. The predicted octanol–water partition coefficient (Wildman–Crippen LogP) is 4.04. The van der Waals surface area contributed by atoms with Gasteiger partial charge in [-0.15, -0.1) is 11.3 Å². The molecule has 3 amide bonds. The van der Waals surface area contributed by atoms with Crippen LogP contribution in [0.2, 0.25) is 0 Å². The van der Waals surface area contributed by atoms with E-state index in [1.165, 1.54) is 4.90 Å². The molecule has 0 spiro atoms. The van der Waals surface area contributed by atoms with Crippen LogP contribution in [0.4, 0.5) is 0 Å². The van der Waals surface area contributed by atoms with Crippen molar-refractivity contribution in [1.82, 2.24) is 20.5 Å². The summed E-state index contributed by atoms with van der Waals surface area (Å²) in [6.07, 6.45) is 3.43. The average molecular weight is 601 g/mol. The Labute approximate surface area is 251 Å². The summed E-state index contributed by atoms with van der Waals surface area (Å²) in [6.45, 7) is 7.85. The van der Waals surface area contributed by atoms with E-state index >= 15 is 0 Å². The molecular formula is C31H44N4O6S. The molecule has 2 aromatic rings. The molecule has 10 nitrogen and oxygen atoms in total. The molecular weight excluding hydrogens is 556 g/mol. The predicted molar refractivity (Wildman–Crippen MR) is 162 cm³/mol. The van der Waals surface area contributed by atoms with Crippen LogP contribution in [0, 0.1) is 12.3 Å². The lowest BCUT2D eigenvalue weighted by Gasteiger charge is -2.35. The molecule has 1 aromatic heterocycles. The first kappa shape index (κ1) is 33.2. The number of β-amino-alcohol motifs (C(OH)–C–C–N with tert-alkyl or cyclic N) is 1. The zero-order valence-electron chi connectivity index (χ0n) is 25.0.